The molecule has 1 aromatic rings. The van der Waals surface area contributed by atoms with Crippen LogP contribution in [0.1, 0.15) is 5.01 Å². The zero-order valence-corrected chi connectivity index (χ0v) is 12.4. The van der Waals surface area contributed by atoms with Gasteiger partial charge in [-0.25, -0.2) is 4.98 Å². The lowest BCUT2D eigenvalue weighted by atomic mass is 10.5. The maximum atomic E-state index is 12.1. The van der Waals surface area contributed by atoms with Gasteiger partial charge in [-0.05, 0) is 0 Å². The molecular weight excluding hydrogens is 329 g/mol. The van der Waals surface area contributed by atoms with Crippen LogP contribution in [0.5, 0.6) is 0 Å². The highest BCUT2D eigenvalue weighted by molar-refractivity contribution is 7.98. The van der Waals surface area contributed by atoms with Crippen LogP contribution in [0.4, 0.5) is 13.2 Å². The smallest absolute Gasteiger partial charge is 0.366 e. The lowest BCUT2D eigenvalue weighted by molar-refractivity contribution is -0.404. The van der Waals surface area contributed by atoms with Gasteiger partial charge in [0.15, 0.2) is 5.82 Å². The number of alkyl halides is 3. The van der Waals surface area contributed by atoms with Gasteiger partial charge in [-0.1, -0.05) is 0 Å². The summed E-state index contributed by atoms with van der Waals surface area (Å²) in [5, 5.41) is 17.7. The number of thiazole rings is 1. The second-order valence-electron chi connectivity index (χ2n) is 3.70. The molecule has 0 aromatic carbocycles. The molecule has 1 rings (SSSR count). The molecule has 0 amide bonds. The van der Waals surface area contributed by atoms with E-state index in [1.807, 2.05) is 10.7 Å². The largest absolute Gasteiger partial charge is 0.405 e. The zero-order chi connectivity index (χ0) is 15.7. The van der Waals surface area contributed by atoms with E-state index in [0.717, 1.165) is 5.01 Å². The van der Waals surface area contributed by atoms with Crippen LogP contribution >= 0.6 is 23.1 Å². The second kappa shape index (κ2) is 8.72. The first-order valence-corrected chi connectivity index (χ1v) is 7.76. The predicted octanol–water partition coefficient (Wildman–Crippen LogP) is 2.19. The van der Waals surface area contributed by atoms with E-state index in [9.17, 15) is 23.3 Å². The number of halogens is 3. The first-order valence-electron chi connectivity index (χ1n) is 5.73. The van der Waals surface area contributed by atoms with E-state index in [-0.39, 0.29) is 5.82 Å². The van der Waals surface area contributed by atoms with E-state index in [1.165, 1.54) is 23.1 Å². The lowest BCUT2D eigenvalue weighted by Gasteiger charge is -2.12. The standard InChI is InChI=1S/C10H13F3N4O2S2/c11-10(12,13)7-16-8(5-17(18)19)14-1-3-20-6-9-15-2-4-21-9/h2,4-5,14,16H,1,3,6-7H2. The van der Waals surface area contributed by atoms with E-state index >= 15 is 0 Å². The lowest BCUT2D eigenvalue weighted by Crippen LogP contribution is -2.35. The SMILES string of the molecule is O=[N+]([O-])C=C(NCCSCc1nccs1)NCC(F)(F)F. The minimum absolute atomic E-state index is 0.257. The van der Waals surface area contributed by atoms with Crippen LogP contribution in [-0.4, -0.2) is 34.9 Å². The van der Waals surface area contributed by atoms with E-state index in [4.69, 9.17) is 0 Å². The van der Waals surface area contributed by atoms with Crippen molar-refractivity contribution in [1.82, 2.24) is 15.6 Å². The summed E-state index contributed by atoms with van der Waals surface area (Å²) in [6.07, 6.45) is -2.26. The minimum Gasteiger partial charge on any atom is -0.366 e. The molecule has 0 aliphatic heterocycles. The first-order chi connectivity index (χ1) is 9.87. The van der Waals surface area contributed by atoms with E-state index < -0.39 is 17.6 Å². The molecule has 0 fully saturated rings. The summed E-state index contributed by atoms with van der Waals surface area (Å²) in [7, 11) is 0. The maximum absolute atomic E-state index is 12.1. The summed E-state index contributed by atoms with van der Waals surface area (Å²) in [6, 6.07) is 0. The highest BCUT2D eigenvalue weighted by Crippen LogP contribution is 2.14. The number of rotatable bonds is 9. The Morgan fingerprint density at radius 1 is 1.52 bits per heavy atom. The monoisotopic (exact) mass is 342 g/mol. The Labute approximate surface area is 127 Å². The number of nitrogens with one attached hydrogen (secondary N) is 2. The van der Waals surface area contributed by atoms with Crippen molar-refractivity contribution in [3.05, 3.63) is 38.7 Å². The second-order valence-corrected chi connectivity index (χ2v) is 5.79. The van der Waals surface area contributed by atoms with Crippen LogP contribution in [0, 0.1) is 10.1 Å². The summed E-state index contributed by atoms with van der Waals surface area (Å²) < 4.78 is 36.2. The van der Waals surface area contributed by atoms with Crippen LogP contribution in [0.2, 0.25) is 0 Å². The highest BCUT2D eigenvalue weighted by Gasteiger charge is 2.27. The third-order valence-electron chi connectivity index (χ3n) is 1.98. The molecule has 6 nitrogen and oxygen atoms in total. The number of hydrogen-bond donors (Lipinski definition) is 2. The van der Waals surface area contributed by atoms with Crippen molar-refractivity contribution in [2.45, 2.75) is 11.9 Å². The molecule has 0 spiro atoms. The molecule has 118 valence electrons. The van der Waals surface area contributed by atoms with Crippen molar-refractivity contribution in [3.63, 3.8) is 0 Å². The van der Waals surface area contributed by atoms with Crippen LogP contribution in [0.3, 0.4) is 0 Å². The van der Waals surface area contributed by atoms with Crippen molar-refractivity contribution in [1.29, 1.82) is 0 Å². The summed E-state index contributed by atoms with van der Waals surface area (Å²) in [6.45, 7) is -1.02. The zero-order valence-electron chi connectivity index (χ0n) is 10.7. The molecule has 0 saturated heterocycles. The summed E-state index contributed by atoms with van der Waals surface area (Å²) in [5.74, 6) is 1.03. The Kier molecular flexibility index (Phi) is 7.29. The fraction of sp³-hybridized carbons (Fsp3) is 0.500. The molecule has 0 aliphatic rings. The Balaban J connectivity index is 2.27. The van der Waals surface area contributed by atoms with Crippen LogP contribution in [0.25, 0.3) is 0 Å². The van der Waals surface area contributed by atoms with Gasteiger partial charge in [-0.3, -0.25) is 10.1 Å². The Bertz CT molecular complexity index is 465. The number of nitrogens with zero attached hydrogens (tertiary/aromatic N) is 2. The molecule has 21 heavy (non-hydrogen) atoms. The average Bonchev–Trinajstić information content (AvgIpc) is 2.86. The summed E-state index contributed by atoms with van der Waals surface area (Å²) >= 11 is 3.05. The fourth-order valence-electron chi connectivity index (χ4n) is 1.20. The maximum Gasteiger partial charge on any atom is 0.405 e. The van der Waals surface area contributed by atoms with E-state index in [0.29, 0.717) is 24.3 Å². The molecule has 0 atom stereocenters. The van der Waals surface area contributed by atoms with Gasteiger partial charge in [-0.15, -0.1) is 11.3 Å². The van der Waals surface area contributed by atoms with E-state index in [1.54, 1.807) is 6.20 Å². The Hall–Kier alpha value is -1.49. The Morgan fingerprint density at radius 2 is 2.29 bits per heavy atom. The fourth-order valence-corrected chi connectivity index (χ4v) is 2.76. The van der Waals surface area contributed by atoms with Gasteiger partial charge in [0.1, 0.15) is 11.6 Å². The molecule has 1 aromatic heterocycles. The predicted molar refractivity (Wildman–Crippen MR) is 75.4 cm³/mol. The number of aromatic nitrogens is 1. The first kappa shape index (κ1) is 17.6. The van der Waals surface area contributed by atoms with Gasteiger partial charge in [-0.2, -0.15) is 24.9 Å². The number of nitro groups is 1. The summed E-state index contributed by atoms with van der Waals surface area (Å²) in [5.41, 5.74) is 0. The third-order valence-corrected chi connectivity index (χ3v) is 3.92. The summed E-state index contributed by atoms with van der Waals surface area (Å²) in [4.78, 5) is 13.6. The third kappa shape index (κ3) is 9.13. The van der Waals surface area contributed by atoms with Gasteiger partial charge >= 0.3 is 6.18 Å². The van der Waals surface area contributed by atoms with Crippen molar-refractivity contribution in [2.24, 2.45) is 0 Å². The quantitative estimate of drug-likeness (QED) is 0.407. The van der Waals surface area contributed by atoms with Gasteiger partial charge in [0.25, 0.3) is 6.20 Å². The van der Waals surface area contributed by atoms with Crippen LogP contribution in [0.15, 0.2) is 23.6 Å². The molecule has 11 heteroatoms. The minimum atomic E-state index is -4.43. The molecule has 0 aliphatic carbocycles. The highest BCUT2D eigenvalue weighted by atomic mass is 32.2. The van der Waals surface area contributed by atoms with Gasteiger partial charge in [0, 0.05) is 29.6 Å². The molecule has 1 heterocycles. The Morgan fingerprint density at radius 3 is 2.86 bits per heavy atom. The van der Waals surface area contributed by atoms with Gasteiger partial charge in [0.2, 0.25) is 0 Å². The molecule has 0 radical (unpaired) electrons. The van der Waals surface area contributed by atoms with Crippen LogP contribution < -0.4 is 10.6 Å². The van der Waals surface area contributed by atoms with Crippen molar-refractivity contribution in [2.75, 3.05) is 18.8 Å². The molecule has 2 N–H and O–H groups in total. The van der Waals surface area contributed by atoms with Gasteiger partial charge in [0.05, 0.1) is 4.92 Å². The number of thioether (sulfide) groups is 1. The number of hydrogen-bond acceptors (Lipinski definition) is 7. The molecular formula is C10H13F3N4O2S2. The topological polar surface area (TPSA) is 80.1 Å². The molecule has 0 bridgehead atoms. The van der Waals surface area contributed by atoms with Gasteiger partial charge < -0.3 is 10.6 Å². The molecule has 0 saturated carbocycles. The van der Waals surface area contributed by atoms with Crippen molar-refractivity contribution < 1.29 is 18.1 Å². The van der Waals surface area contributed by atoms with Crippen molar-refractivity contribution >= 4 is 23.1 Å². The van der Waals surface area contributed by atoms with Crippen LogP contribution in [-0.2, 0) is 5.75 Å². The van der Waals surface area contributed by atoms with Crippen molar-refractivity contribution in [3.8, 4) is 0 Å². The average molecular weight is 342 g/mol. The normalized spacial score (nSPS) is 12.2. The molecule has 0 unspecified atom stereocenters. The van der Waals surface area contributed by atoms with E-state index in [2.05, 4.69) is 10.3 Å².